The summed E-state index contributed by atoms with van der Waals surface area (Å²) in [5.41, 5.74) is 4.55. The molecule has 2 aromatic carbocycles. The van der Waals surface area contributed by atoms with Crippen LogP contribution in [0.15, 0.2) is 53.3 Å². The van der Waals surface area contributed by atoms with Gasteiger partial charge in [-0.3, -0.25) is 14.4 Å². The summed E-state index contributed by atoms with van der Waals surface area (Å²) in [6.07, 6.45) is 0. The molecule has 0 aliphatic heterocycles. The second-order valence-corrected chi connectivity index (χ2v) is 7.72. The van der Waals surface area contributed by atoms with Crippen LogP contribution in [0.25, 0.3) is 11.3 Å². The summed E-state index contributed by atoms with van der Waals surface area (Å²) in [5, 5.41) is 9.85. The fraction of sp³-hybridized carbons (Fsp3) is 0.250. The van der Waals surface area contributed by atoms with Crippen LogP contribution in [0.4, 0.5) is 11.4 Å². The van der Waals surface area contributed by atoms with E-state index in [0.29, 0.717) is 11.4 Å². The van der Waals surface area contributed by atoms with E-state index in [2.05, 4.69) is 15.7 Å². The van der Waals surface area contributed by atoms with Gasteiger partial charge in [-0.05, 0) is 45.4 Å². The molecule has 7 heteroatoms. The lowest BCUT2D eigenvalue weighted by Crippen LogP contribution is -2.35. The predicted molar refractivity (Wildman–Crippen MR) is 122 cm³/mol. The van der Waals surface area contributed by atoms with E-state index in [4.69, 9.17) is 0 Å². The third kappa shape index (κ3) is 5.06. The van der Waals surface area contributed by atoms with Gasteiger partial charge in [0, 0.05) is 18.2 Å². The highest BCUT2D eigenvalue weighted by atomic mass is 16.2. The lowest BCUT2D eigenvalue weighted by Gasteiger charge is -2.18. The molecule has 0 radical (unpaired) electrons. The summed E-state index contributed by atoms with van der Waals surface area (Å²) < 4.78 is 1.11. The Hall–Kier alpha value is -3.74. The minimum atomic E-state index is -0.897. The van der Waals surface area contributed by atoms with E-state index in [1.165, 1.54) is 13.0 Å². The maximum atomic E-state index is 13.0. The molecule has 160 valence electrons. The van der Waals surface area contributed by atoms with E-state index < -0.39 is 11.6 Å². The molecule has 0 unspecified atom stereocenters. The summed E-state index contributed by atoms with van der Waals surface area (Å²) in [6.45, 7) is 8.78. The smallest absolute Gasteiger partial charge is 0.291 e. The van der Waals surface area contributed by atoms with Crippen molar-refractivity contribution >= 4 is 23.2 Å². The minimum absolute atomic E-state index is 0.0734. The van der Waals surface area contributed by atoms with Crippen molar-refractivity contribution in [3.05, 3.63) is 75.6 Å². The molecule has 0 bridgehead atoms. The van der Waals surface area contributed by atoms with E-state index in [1.807, 2.05) is 63.2 Å². The Morgan fingerprint density at radius 3 is 2.16 bits per heavy atom. The molecule has 1 atom stereocenters. The Labute approximate surface area is 181 Å². The quantitative estimate of drug-likeness (QED) is 0.655. The SMILES string of the molecule is CC(=O)Nc1cc(-c2ccc(C)cc2)nn([C@H](C)C(=O)Nc2ccc(C)cc2C)c1=O. The first kappa shape index (κ1) is 22.0. The molecular formula is C24H26N4O3. The number of carbonyl (C=O) groups excluding carboxylic acids is 2. The van der Waals surface area contributed by atoms with Crippen molar-refractivity contribution in [2.75, 3.05) is 10.6 Å². The van der Waals surface area contributed by atoms with E-state index in [0.717, 1.165) is 26.9 Å². The zero-order valence-corrected chi connectivity index (χ0v) is 18.3. The fourth-order valence-corrected chi connectivity index (χ4v) is 3.22. The molecule has 2 amide bonds. The normalized spacial score (nSPS) is 11.6. The third-order valence-corrected chi connectivity index (χ3v) is 4.98. The van der Waals surface area contributed by atoms with Gasteiger partial charge in [0.2, 0.25) is 11.8 Å². The Balaban J connectivity index is 2.02. The van der Waals surface area contributed by atoms with Gasteiger partial charge in [-0.2, -0.15) is 5.10 Å². The van der Waals surface area contributed by atoms with E-state index >= 15 is 0 Å². The maximum Gasteiger partial charge on any atom is 0.291 e. The summed E-state index contributed by atoms with van der Waals surface area (Å²) in [6, 6.07) is 14.0. The molecule has 3 aromatic rings. The Morgan fingerprint density at radius 2 is 1.55 bits per heavy atom. The molecule has 0 aliphatic carbocycles. The van der Waals surface area contributed by atoms with Crippen molar-refractivity contribution in [3.63, 3.8) is 0 Å². The zero-order chi connectivity index (χ0) is 22.7. The lowest BCUT2D eigenvalue weighted by atomic mass is 10.1. The van der Waals surface area contributed by atoms with Crippen LogP contribution in [0.2, 0.25) is 0 Å². The summed E-state index contributed by atoms with van der Waals surface area (Å²) >= 11 is 0. The summed E-state index contributed by atoms with van der Waals surface area (Å²) in [4.78, 5) is 37.5. The number of nitrogens with zero attached hydrogens (tertiary/aromatic N) is 2. The highest BCUT2D eigenvalue weighted by molar-refractivity contribution is 5.94. The van der Waals surface area contributed by atoms with Crippen molar-refractivity contribution in [2.45, 2.75) is 40.7 Å². The zero-order valence-electron chi connectivity index (χ0n) is 18.3. The number of hydrogen-bond acceptors (Lipinski definition) is 4. The number of amides is 2. The largest absolute Gasteiger partial charge is 0.324 e. The average molecular weight is 418 g/mol. The molecule has 0 saturated heterocycles. The minimum Gasteiger partial charge on any atom is -0.324 e. The van der Waals surface area contributed by atoms with Crippen LogP contribution in [0.1, 0.15) is 36.6 Å². The molecule has 2 N–H and O–H groups in total. The van der Waals surface area contributed by atoms with Crippen LogP contribution < -0.4 is 16.2 Å². The van der Waals surface area contributed by atoms with Gasteiger partial charge in [0.15, 0.2) is 0 Å². The standard InChI is InChI=1S/C24H26N4O3/c1-14-6-9-19(10-7-14)21-13-22(25-18(5)29)24(31)28(27-21)17(4)23(30)26-20-11-8-15(2)12-16(20)3/h6-13,17H,1-5H3,(H,25,29)(H,26,30)/t17-/m1/s1. The first-order valence-electron chi connectivity index (χ1n) is 10.0. The molecular weight excluding hydrogens is 392 g/mol. The van der Waals surface area contributed by atoms with Crippen LogP contribution in [0, 0.1) is 20.8 Å². The van der Waals surface area contributed by atoms with E-state index in [-0.39, 0.29) is 17.5 Å². The second-order valence-electron chi connectivity index (χ2n) is 7.72. The molecule has 0 spiro atoms. The second kappa shape index (κ2) is 8.95. The van der Waals surface area contributed by atoms with Crippen molar-refractivity contribution in [1.29, 1.82) is 0 Å². The van der Waals surface area contributed by atoms with Crippen LogP contribution in [-0.4, -0.2) is 21.6 Å². The maximum absolute atomic E-state index is 13.0. The molecule has 31 heavy (non-hydrogen) atoms. The average Bonchev–Trinajstić information content (AvgIpc) is 2.71. The number of benzene rings is 2. The number of aromatic nitrogens is 2. The number of rotatable bonds is 5. The highest BCUT2D eigenvalue weighted by Gasteiger charge is 2.21. The number of anilines is 2. The van der Waals surface area contributed by atoms with Crippen molar-refractivity contribution in [3.8, 4) is 11.3 Å². The van der Waals surface area contributed by atoms with Gasteiger partial charge in [0.05, 0.1) is 5.69 Å². The monoisotopic (exact) mass is 418 g/mol. The Bertz CT molecular complexity index is 1200. The van der Waals surface area contributed by atoms with Gasteiger partial charge >= 0.3 is 0 Å². The van der Waals surface area contributed by atoms with Gasteiger partial charge in [0.1, 0.15) is 11.7 Å². The number of aryl methyl sites for hydroxylation is 3. The summed E-state index contributed by atoms with van der Waals surface area (Å²) in [5.74, 6) is -0.756. The molecule has 0 fully saturated rings. The predicted octanol–water partition coefficient (Wildman–Crippen LogP) is 3.99. The Kier molecular flexibility index (Phi) is 6.34. The van der Waals surface area contributed by atoms with Crippen LogP contribution >= 0.6 is 0 Å². The van der Waals surface area contributed by atoms with Crippen molar-refractivity contribution in [1.82, 2.24) is 9.78 Å². The van der Waals surface area contributed by atoms with Gasteiger partial charge in [-0.15, -0.1) is 0 Å². The third-order valence-electron chi connectivity index (χ3n) is 4.98. The number of nitrogens with one attached hydrogen (secondary N) is 2. The molecule has 0 saturated carbocycles. The Morgan fingerprint density at radius 1 is 0.903 bits per heavy atom. The van der Waals surface area contributed by atoms with Crippen LogP contribution in [0.5, 0.6) is 0 Å². The van der Waals surface area contributed by atoms with Gasteiger partial charge in [-0.25, -0.2) is 4.68 Å². The topological polar surface area (TPSA) is 93.1 Å². The van der Waals surface area contributed by atoms with Crippen LogP contribution in [0.3, 0.4) is 0 Å². The molecule has 1 heterocycles. The molecule has 0 aliphatic rings. The van der Waals surface area contributed by atoms with Gasteiger partial charge in [-0.1, -0.05) is 47.5 Å². The number of hydrogen-bond donors (Lipinski definition) is 2. The first-order valence-corrected chi connectivity index (χ1v) is 10.0. The summed E-state index contributed by atoms with van der Waals surface area (Å²) in [7, 11) is 0. The first-order chi connectivity index (χ1) is 14.7. The highest BCUT2D eigenvalue weighted by Crippen LogP contribution is 2.21. The molecule has 3 rings (SSSR count). The van der Waals surface area contributed by atoms with E-state index in [1.54, 1.807) is 6.92 Å². The molecule has 1 aromatic heterocycles. The van der Waals surface area contributed by atoms with Crippen molar-refractivity contribution < 1.29 is 9.59 Å². The fourth-order valence-electron chi connectivity index (χ4n) is 3.22. The van der Waals surface area contributed by atoms with Crippen molar-refractivity contribution in [2.24, 2.45) is 0 Å². The van der Waals surface area contributed by atoms with Crippen LogP contribution in [-0.2, 0) is 9.59 Å². The molecule has 7 nitrogen and oxygen atoms in total. The number of carbonyl (C=O) groups is 2. The van der Waals surface area contributed by atoms with Gasteiger partial charge in [0.25, 0.3) is 5.56 Å². The van der Waals surface area contributed by atoms with Gasteiger partial charge < -0.3 is 10.6 Å². The van der Waals surface area contributed by atoms with E-state index in [9.17, 15) is 14.4 Å². The lowest BCUT2D eigenvalue weighted by molar-refractivity contribution is -0.119.